The maximum absolute atomic E-state index is 12.9. The number of aryl methyl sites for hydroxylation is 2. The Bertz CT molecular complexity index is 1570. The lowest BCUT2D eigenvalue weighted by molar-refractivity contribution is -0.116. The van der Waals surface area contributed by atoms with Crippen molar-refractivity contribution in [2.24, 2.45) is 0 Å². The fraction of sp³-hybridized carbons (Fsp3) is 0.226. The second kappa shape index (κ2) is 11.3. The monoisotopic (exact) mass is 553 g/mol. The van der Waals surface area contributed by atoms with E-state index in [1.807, 2.05) is 75.4 Å². The zero-order valence-corrected chi connectivity index (χ0v) is 23.4. The molecule has 40 heavy (non-hydrogen) atoms. The quantitative estimate of drug-likeness (QED) is 0.248. The number of rotatable bonds is 8. The maximum Gasteiger partial charge on any atom is 0.335 e. The molecule has 1 aliphatic heterocycles. The summed E-state index contributed by atoms with van der Waals surface area (Å²) in [6, 6.07) is 22.1. The van der Waals surface area contributed by atoms with Crippen LogP contribution >= 0.6 is 12.2 Å². The third-order valence-corrected chi connectivity index (χ3v) is 7.71. The molecule has 2 aromatic heterocycles. The highest BCUT2D eigenvalue weighted by molar-refractivity contribution is 7.80. The first-order valence-electron chi connectivity index (χ1n) is 13.1. The third-order valence-electron chi connectivity index (χ3n) is 7.36. The molecule has 2 aromatic carbocycles. The first kappa shape index (κ1) is 27.1. The zero-order valence-electron chi connectivity index (χ0n) is 22.6. The Hall–Kier alpha value is -4.50. The van der Waals surface area contributed by atoms with Crippen molar-refractivity contribution in [3.05, 3.63) is 113 Å². The highest BCUT2D eigenvalue weighted by atomic mass is 32.1. The minimum atomic E-state index is -0.959. The van der Waals surface area contributed by atoms with Gasteiger partial charge >= 0.3 is 5.97 Å². The fourth-order valence-electron chi connectivity index (χ4n) is 5.37. The van der Waals surface area contributed by atoms with Gasteiger partial charge in [0.25, 0.3) is 0 Å². The van der Waals surface area contributed by atoms with E-state index in [0.717, 1.165) is 39.6 Å². The Labute approximate surface area is 238 Å². The number of nitrogens with one attached hydrogen (secondary N) is 2. The largest absolute Gasteiger partial charge is 0.478 e. The van der Waals surface area contributed by atoms with Crippen molar-refractivity contribution in [3.8, 4) is 5.69 Å². The molecule has 2 atom stereocenters. The highest BCUT2D eigenvalue weighted by Crippen LogP contribution is 2.41. The first-order valence-corrected chi connectivity index (χ1v) is 13.5. The number of anilines is 1. The summed E-state index contributed by atoms with van der Waals surface area (Å²) in [5.74, 6) is -1.04. The molecule has 1 saturated heterocycles. The third kappa shape index (κ3) is 5.33. The molecule has 1 aliphatic rings. The van der Waals surface area contributed by atoms with E-state index in [0.29, 0.717) is 11.7 Å². The Kier molecular flexibility index (Phi) is 7.66. The number of hydrogen-bond acceptors (Lipinski definition) is 4. The van der Waals surface area contributed by atoms with Crippen LogP contribution in [0, 0.1) is 20.8 Å². The number of para-hydroxylation sites is 1. The van der Waals surface area contributed by atoms with E-state index >= 15 is 0 Å². The van der Waals surface area contributed by atoms with Crippen LogP contribution in [-0.4, -0.2) is 43.1 Å². The van der Waals surface area contributed by atoms with Crippen LogP contribution < -0.4 is 10.6 Å². The summed E-state index contributed by atoms with van der Waals surface area (Å²) in [5.41, 5.74) is 6.85. The van der Waals surface area contributed by atoms with Crippen LogP contribution in [0.3, 0.4) is 0 Å². The molecule has 1 amide bonds. The van der Waals surface area contributed by atoms with Gasteiger partial charge in [-0.15, -0.1) is 0 Å². The number of pyridine rings is 1. The van der Waals surface area contributed by atoms with E-state index in [4.69, 9.17) is 12.2 Å². The van der Waals surface area contributed by atoms with E-state index in [2.05, 4.69) is 31.2 Å². The SMILES string of the molecule is Cc1ccccc1NC(=O)CCN1C(=S)N[C@H](c2ccccn2)[C@H]1c1cc(C)n(-c2ccc(C(=O)O)cc2)c1C. The summed E-state index contributed by atoms with van der Waals surface area (Å²) in [6.45, 7) is 6.47. The Morgan fingerprint density at radius 1 is 1.02 bits per heavy atom. The molecule has 8 nitrogen and oxygen atoms in total. The number of hydrogen-bond donors (Lipinski definition) is 3. The van der Waals surface area contributed by atoms with E-state index in [1.54, 1.807) is 18.3 Å². The van der Waals surface area contributed by atoms with Crippen molar-refractivity contribution < 1.29 is 14.7 Å². The Morgan fingerprint density at radius 2 is 1.75 bits per heavy atom. The summed E-state index contributed by atoms with van der Waals surface area (Å²) >= 11 is 5.81. The van der Waals surface area contributed by atoms with Gasteiger partial charge in [-0.25, -0.2) is 4.79 Å². The number of amides is 1. The van der Waals surface area contributed by atoms with Crippen LogP contribution in [0.4, 0.5) is 5.69 Å². The second-order valence-electron chi connectivity index (χ2n) is 9.95. The molecule has 1 fully saturated rings. The van der Waals surface area contributed by atoms with E-state index in [9.17, 15) is 14.7 Å². The van der Waals surface area contributed by atoms with E-state index in [1.165, 1.54) is 0 Å². The van der Waals surface area contributed by atoms with Gasteiger partial charge in [-0.3, -0.25) is 9.78 Å². The molecule has 4 aromatic rings. The maximum atomic E-state index is 12.9. The van der Waals surface area contributed by atoms with Crippen molar-refractivity contribution in [2.45, 2.75) is 39.3 Å². The molecule has 0 saturated carbocycles. The number of aromatic nitrogens is 2. The van der Waals surface area contributed by atoms with Crippen LogP contribution in [0.2, 0.25) is 0 Å². The summed E-state index contributed by atoms with van der Waals surface area (Å²) < 4.78 is 2.11. The van der Waals surface area contributed by atoms with Crippen LogP contribution in [0.25, 0.3) is 5.69 Å². The van der Waals surface area contributed by atoms with Gasteiger partial charge in [0.1, 0.15) is 0 Å². The van der Waals surface area contributed by atoms with Gasteiger partial charge in [-0.05, 0) is 92.6 Å². The van der Waals surface area contributed by atoms with Crippen molar-refractivity contribution in [3.63, 3.8) is 0 Å². The van der Waals surface area contributed by atoms with Gasteiger partial charge in [0.2, 0.25) is 5.91 Å². The number of aromatic carboxylic acids is 1. The number of thiocarbonyl (C=S) groups is 1. The molecule has 9 heteroatoms. The van der Waals surface area contributed by atoms with Crippen LogP contribution in [0.15, 0.2) is 79.0 Å². The second-order valence-corrected chi connectivity index (χ2v) is 10.3. The molecular weight excluding hydrogens is 522 g/mol. The summed E-state index contributed by atoms with van der Waals surface area (Å²) in [7, 11) is 0. The lowest BCUT2D eigenvalue weighted by Crippen LogP contribution is -2.33. The number of carboxylic acids is 1. The standard InChI is InChI=1S/C31H31N5O3S/c1-19-8-4-5-9-25(19)33-27(37)15-17-35-29(28(34-31(35)40)26-10-6-7-16-32-26)24-18-20(2)36(21(24)3)23-13-11-22(12-14-23)30(38)39/h4-14,16,18,28-29H,15,17H2,1-3H3,(H,33,37)(H,34,40)(H,38,39)/t28-,29-/m1/s1. The molecule has 204 valence electrons. The average molecular weight is 554 g/mol. The number of carbonyl (C=O) groups is 2. The predicted octanol–water partition coefficient (Wildman–Crippen LogP) is 5.50. The van der Waals surface area contributed by atoms with Crippen molar-refractivity contribution in [2.75, 3.05) is 11.9 Å². The van der Waals surface area contributed by atoms with Gasteiger partial charge in [0.05, 0.1) is 23.3 Å². The van der Waals surface area contributed by atoms with Gasteiger partial charge in [-0.1, -0.05) is 24.3 Å². The van der Waals surface area contributed by atoms with Gasteiger partial charge in [0, 0.05) is 41.9 Å². The topological polar surface area (TPSA) is 99.5 Å². The average Bonchev–Trinajstić information content (AvgIpc) is 3.43. The molecule has 5 rings (SSSR count). The smallest absolute Gasteiger partial charge is 0.335 e. The minimum absolute atomic E-state index is 0.0823. The number of carboxylic acid groups (broad SMARTS) is 1. The van der Waals surface area contributed by atoms with Gasteiger partial charge < -0.3 is 25.2 Å². The molecule has 0 radical (unpaired) electrons. The molecule has 3 N–H and O–H groups in total. The predicted molar refractivity (Wildman–Crippen MR) is 159 cm³/mol. The molecule has 0 unspecified atom stereocenters. The molecule has 0 bridgehead atoms. The highest BCUT2D eigenvalue weighted by Gasteiger charge is 2.41. The lowest BCUT2D eigenvalue weighted by atomic mass is 9.96. The number of carbonyl (C=O) groups excluding carboxylic acids is 1. The molecular formula is C31H31N5O3S. The fourth-order valence-corrected chi connectivity index (χ4v) is 5.70. The van der Waals surface area contributed by atoms with Crippen LogP contribution in [0.1, 0.15) is 57.1 Å². The minimum Gasteiger partial charge on any atom is -0.478 e. The Morgan fingerprint density at radius 3 is 2.42 bits per heavy atom. The molecule has 0 aliphatic carbocycles. The summed E-state index contributed by atoms with van der Waals surface area (Å²) in [6.07, 6.45) is 2.03. The molecule has 3 heterocycles. The summed E-state index contributed by atoms with van der Waals surface area (Å²) in [5, 5.41) is 16.4. The van der Waals surface area contributed by atoms with E-state index in [-0.39, 0.29) is 30.0 Å². The first-order chi connectivity index (χ1) is 19.2. The Balaban J connectivity index is 1.47. The number of benzene rings is 2. The lowest BCUT2D eigenvalue weighted by Gasteiger charge is -2.28. The van der Waals surface area contributed by atoms with Crippen molar-refractivity contribution >= 4 is 34.9 Å². The summed E-state index contributed by atoms with van der Waals surface area (Å²) in [4.78, 5) is 31.0. The van der Waals surface area contributed by atoms with E-state index < -0.39 is 5.97 Å². The molecule has 0 spiro atoms. The number of nitrogens with zero attached hydrogens (tertiary/aromatic N) is 3. The van der Waals surface area contributed by atoms with Crippen molar-refractivity contribution in [1.29, 1.82) is 0 Å². The zero-order chi connectivity index (χ0) is 28.4. The van der Waals surface area contributed by atoms with Gasteiger partial charge in [-0.2, -0.15) is 0 Å². The van der Waals surface area contributed by atoms with Crippen LogP contribution in [-0.2, 0) is 4.79 Å². The van der Waals surface area contributed by atoms with Gasteiger partial charge in [0.15, 0.2) is 5.11 Å². The van der Waals surface area contributed by atoms with Crippen LogP contribution in [0.5, 0.6) is 0 Å². The van der Waals surface area contributed by atoms with Crippen molar-refractivity contribution in [1.82, 2.24) is 19.8 Å². The normalized spacial score (nSPS) is 16.6.